The van der Waals surface area contributed by atoms with Crippen LogP contribution in [0, 0.1) is 0 Å². The minimum Gasteiger partial charge on any atom is -0.508 e. The van der Waals surface area contributed by atoms with Crippen LogP contribution in [0.3, 0.4) is 0 Å². The highest BCUT2D eigenvalue weighted by Crippen LogP contribution is 2.35. The molecule has 0 aliphatic rings. The number of phenolic OH excluding ortho intramolecular Hbond substituents is 2. The molecular weight excluding hydrogens is 428 g/mol. The summed E-state index contributed by atoms with van der Waals surface area (Å²) < 4.78 is 3.43. The number of fused-ring (bicyclic) bond motifs is 1. The molecule has 7 heteroatoms. The first-order valence-electron chi connectivity index (χ1n) is 11.3. The molecule has 2 heterocycles. The number of nitrogens with zero attached hydrogens (tertiary/aromatic N) is 3. The normalized spacial score (nSPS) is 10.8. The van der Waals surface area contributed by atoms with E-state index in [1.165, 1.54) is 10.6 Å². The van der Waals surface area contributed by atoms with Gasteiger partial charge in [-0.1, -0.05) is 44.2 Å². The van der Waals surface area contributed by atoms with Crippen LogP contribution in [0.25, 0.3) is 28.0 Å². The molecule has 174 valence electrons. The number of aromatic amines is 1. The van der Waals surface area contributed by atoms with Gasteiger partial charge in [0.05, 0.1) is 11.3 Å². The molecule has 5 aromatic rings. The van der Waals surface area contributed by atoms with Gasteiger partial charge in [0.1, 0.15) is 11.5 Å². The molecule has 34 heavy (non-hydrogen) atoms. The van der Waals surface area contributed by atoms with E-state index in [1.807, 2.05) is 86.3 Å². The number of nitrogens with one attached hydrogen (secondary N) is 1. The van der Waals surface area contributed by atoms with Crippen LogP contribution in [0.1, 0.15) is 25.0 Å². The second kappa shape index (κ2) is 9.70. The van der Waals surface area contributed by atoms with Crippen molar-refractivity contribution in [1.29, 1.82) is 0 Å². The van der Waals surface area contributed by atoms with Crippen molar-refractivity contribution < 1.29 is 10.2 Å². The number of phenols is 2. The van der Waals surface area contributed by atoms with E-state index >= 15 is 0 Å². The lowest BCUT2D eigenvalue weighted by molar-refractivity contribution is 0.446. The van der Waals surface area contributed by atoms with E-state index in [0.29, 0.717) is 23.2 Å². The Morgan fingerprint density at radius 2 is 1.68 bits per heavy atom. The molecule has 0 saturated heterocycles. The molecule has 0 spiro atoms. The van der Waals surface area contributed by atoms with Crippen LogP contribution in [0.2, 0.25) is 0 Å². The largest absolute Gasteiger partial charge is 0.508 e. The summed E-state index contributed by atoms with van der Waals surface area (Å²) in [6, 6.07) is 20.6. The highest BCUT2D eigenvalue weighted by molar-refractivity contribution is 5.82. The van der Waals surface area contributed by atoms with Crippen molar-refractivity contribution in [2.45, 2.75) is 26.7 Å². The van der Waals surface area contributed by atoms with Crippen LogP contribution in [-0.2, 0) is 19.9 Å². The summed E-state index contributed by atoms with van der Waals surface area (Å²) in [5, 5.41) is 28.6. The Kier molecular flexibility index (Phi) is 6.54. The fraction of sp³-hybridized carbons (Fsp3) is 0.185. The Bertz CT molecular complexity index is 1480. The molecule has 2 aromatic heterocycles. The number of aromatic hydroxyl groups is 2. The van der Waals surface area contributed by atoms with Gasteiger partial charge in [-0.05, 0) is 54.3 Å². The minimum atomic E-state index is -0.409. The lowest BCUT2D eigenvalue weighted by Gasteiger charge is -2.12. The van der Waals surface area contributed by atoms with Crippen molar-refractivity contribution in [1.82, 2.24) is 19.3 Å². The average Bonchev–Trinajstić information content (AvgIpc) is 3.42. The number of aromatic nitrogens is 4. The van der Waals surface area contributed by atoms with Gasteiger partial charge in [0.25, 0.3) is 0 Å². The van der Waals surface area contributed by atoms with E-state index in [-0.39, 0.29) is 17.3 Å². The summed E-state index contributed by atoms with van der Waals surface area (Å²) in [5.41, 5.74) is 3.46. The minimum absolute atomic E-state index is 0.0114. The predicted molar refractivity (Wildman–Crippen MR) is 135 cm³/mol. The molecule has 0 radical (unpaired) electrons. The first kappa shape index (κ1) is 22.9. The Hall–Kier alpha value is -4.26. The molecule has 7 nitrogen and oxygen atoms in total. The smallest absolute Gasteiger partial charge is 0.348 e. The van der Waals surface area contributed by atoms with Crippen LogP contribution < -0.4 is 5.69 Å². The summed E-state index contributed by atoms with van der Waals surface area (Å²) in [4.78, 5) is 12.6. The van der Waals surface area contributed by atoms with E-state index in [1.54, 1.807) is 6.07 Å². The Labute approximate surface area is 197 Å². The zero-order valence-corrected chi connectivity index (χ0v) is 19.5. The SMILES string of the molecule is CC.Cn1ccc2cc(-n3c(-c4cc(CCc5ccccc5)c(O)cc4O)n[nH]c3=O)ccc21. The molecule has 3 N–H and O–H groups in total. The van der Waals surface area contributed by atoms with Crippen LogP contribution in [-0.4, -0.2) is 29.5 Å². The quantitative estimate of drug-likeness (QED) is 0.349. The van der Waals surface area contributed by atoms with Crippen molar-refractivity contribution in [3.8, 4) is 28.6 Å². The number of rotatable bonds is 5. The van der Waals surface area contributed by atoms with Crippen LogP contribution in [0.15, 0.2) is 77.7 Å². The molecule has 5 rings (SSSR count). The molecule has 3 aromatic carbocycles. The lowest BCUT2D eigenvalue weighted by atomic mass is 10.0. The third-order valence-corrected chi connectivity index (χ3v) is 5.76. The number of aryl methyl sites for hydroxylation is 3. The molecular formula is C27H28N4O3. The van der Waals surface area contributed by atoms with Crippen LogP contribution in [0.5, 0.6) is 11.5 Å². The second-order valence-electron chi connectivity index (χ2n) is 7.84. The fourth-order valence-electron chi connectivity index (χ4n) is 4.05. The van der Waals surface area contributed by atoms with Gasteiger partial charge >= 0.3 is 5.69 Å². The molecule has 0 bridgehead atoms. The number of hydrogen-bond acceptors (Lipinski definition) is 4. The van der Waals surface area contributed by atoms with Gasteiger partial charge in [0.15, 0.2) is 5.82 Å². The fourth-order valence-corrected chi connectivity index (χ4v) is 4.05. The van der Waals surface area contributed by atoms with E-state index in [2.05, 4.69) is 10.2 Å². The van der Waals surface area contributed by atoms with E-state index in [0.717, 1.165) is 22.9 Å². The van der Waals surface area contributed by atoms with Crippen molar-refractivity contribution in [3.05, 3.63) is 94.5 Å². The number of hydrogen-bond donors (Lipinski definition) is 3. The third kappa shape index (κ3) is 4.32. The molecule has 0 saturated carbocycles. The Morgan fingerprint density at radius 3 is 2.44 bits per heavy atom. The lowest BCUT2D eigenvalue weighted by Crippen LogP contribution is -2.15. The zero-order valence-electron chi connectivity index (χ0n) is 19.5. The first-order chi connectivity index (χ1) is 16.5. The number of H-pyrrole nitrogens is 1. The Balaban J connectivity index is 0.00000133. The molecule has 0 amide bonds. The van der Waals surface area contributed by atoms with E-state index in [4.69, 9.17) is 0 Å². The van der Waals surface area contributed by atoms with Crippen molar-refractivity contribution in [3.63, 3.8) is 0 Å². The van der Waals surface area contributed by atoms with Crippen LogP contribution >= 0.6 is 0 Å². The zero-order chi connectivity index (χ0) is 24.2. The maximum atomic E-state index is 12.6. The average molecular weight is 457 g/mol. The van der Waals surface area contributed by atoms with Crippen LogP contribution in [0.4, 0.5) is 0 Å². The summed E-state index contributed by atoms with van der Waals surface area (Å²) in [5.74, 6) is 0.146. The highest BCUT2D eigenvalue weighted by atomic mass is 16.3. The molecule has 0 aliphatic heterocycles. The molecule has 0 aliphatic carbocycles. The first-order valence-corrected chi connectivity index (χ1v) is 11.3. The van der Waals surface area contributed by atoms with Gasteiger partial charge in [-0.3, -0.25) is 0 Å². The summed E-state index contributed by atoms with van der Waals surface area (Å²) in [6.07, 6.45) is 3.27. The van der Waals surface area contributed by atoms with Gasteiger partial charge in [0.2, 0.25) is 0 Å². The summed E-state index contributed by atoms with van der Waals surface area (Å²) >= 11 is 0. The summed E-state index contributed by atoms with van der Waals surface area (Å²) in [7, 11) is 1.96. The van der Waals surface area contributed by atoms with E-state index in [9.17, 15) is 15.0 Å². The standard InChI is InChI=1S/C25H22N4O3.C2H6/c1-28-12-11-17-13-19(9-10-21(17)28)29-24(26-27-25(29)32)20-14-18(22(30)15-23(20)31)8-7-16-5-3-2-4-6-16;1-2/h2-6,9-15,30-31H,7-8H2,1H3,(H,27,32);1-2H3. The van der Waals surface area contributed by atoms with Crippen molar-refractivity contribution in [2.24, 2.45) is 7.05 Å². The van der Waals surface area contributed by atoms with Crippen molar-refractivity contribution in [2.75, 3.05) is 0 Å². The molecule has 0 atom stereocenters. The van der Waals surface area contributed by atoms with Gasteiger partial charge in [-0.2, -0.15) is 5.10 Å². The van der Waals surface area contributed by atoms with Gasteiger partial charge in [-0.25, -0.2) is 14.5 Å². The van der Waals surface area contributed by atoms with Gasteiger partial charge in [0, 0.05) is 30.2 Å². The van der Waals surface area contributed by atoms with Crippen molar-refractivity contribution >= 4 is 10.9 Å². The summed E-state index contributed by atoms with van der Waals surface area (Å²) in [6.45, 7) is 4.00. The monoisotopic (exact) mass is 456 g/mol. The predicted octanol–water partition coefficient (Wildman–Crippen LogP) is 4.94. The molecule has 0 unspecified atom stereocenters. The maximum absolute atomic E-state index is 12.6. The topological polar surface area (TPSA) is 96.1 Å². The Morgan fingerprint density at radius 1 is 0.912 bits per heavy atom. The van der Waals surface area contributed by atoms with Gasteiger partial charge < -0.3 is 14.8 Å². The van der Waals surface area contributed by atoms with E-state index < -0.39 is 5.69 Å². The second-order valence-corrected chi connectivity index (χ2v) is 7.84. The third-order valence-electron chi connectivity index (χ3n) is 5.76. The highest BCUT2D eigenvalue weighted by Gasteiger charge is 2.19. The number of benzene rings is 3. The van der Waals surface area contributed by atoms with Gasteiger partial charge in [-0.15, -0.1) is 0 Å². The maximum Gasteiger partial charge on any atom is 0.348 e. The molecule has 0 fully saturated rings.